The quantitative estimate of drug-likeness (QED) is 0.904. The third-order valence-corrected chi connectivity index (χ3v) is 5.99. The molecule has 5 nitrogen and oxygen atoms in total. The highest BCUT2D eigenvalue weighted by Crippen LogP contribution is 2.41. The molecule has 4 rings (SSSR count). The Morgan fingerprint density at radius 2 is 1.85 bits per heavy atom. The van der Waals surface area contributed by atoms with Crippen molar-refractivity contribution < 1.29 is 14.7 Å². The van der Waals surface area contributed by atoms with Gasteiger partial charge in [-0.2, -0.15) is 0 Å². The van der Waals surface area contributed by atoms with Gasteiger partial charge in [-0.25, -0.2) is 4.79 Å². The minimum absolute atomic E-state index is 0.213. The van der Waals surface area contributed by atoms with E-state index in [2.05, 4.69) is 0 Å². The lowest BCUT2D eigenvalue weighted by Gasteiger charge is -2.41. The smallest absolute Gasteiger partial charge is 0.329 e. The molecule has 0 spiro atoms. The maximum absolute atomic E-state index is 13.4. The van der Waals surface area contributed by atoms with Gasteiger partial charge in [0.05, 0.1) is 11.1 Å². The fourth-order valence-electron chi connectivity index (χ4n) is 4.17. The number of carbonyl (C=O) groups is 2. The van der Waals surface area contributed by atoms with Crippen LogP contribution in [0.1, 0.15) is 66.9 Å². The lowest BCUT2D eigenvalue weighted by molar-refractivity contribution is -0.151. The summed E-state index contributed by atoms with van der Waals surface area (Å²) in [5.41, 5.74) is 1.24. The van der Waals surface area contributed by atoms with E-state index in [1.807, 2.05) is 30.3 Å². The van der Waals surface area contributed by atoms with Crippen molar-refractivity contribution >= 4 is 22.8 Å². The van der Waals surface area contributed by atoms with Crippen molar-refractivity contribution in [3.63, 3.8) is 0 Å². The standard InChI is InChI=1S/C21H24N2O3/c1-23(21(20(25)26)11-5-2-6-12-21)19(24)16-13-18(14-9-10-14)22-17-8-4-3-7-15(16)17/h3-4,7-8,13-14H,2,5-6,9-12H2,1H3,(H,25,26). The second-order valence-electron chi connectivity index (χ2n) is 7.65. The minimum Gasteiger partial charge on any atom is -0.479 e. The van der Waals surface area contributed by atoms with Gasteiger partial charge in [-0.05, 0) is 37.8 Å². The van der Waals surface area contributed by atoms with Crippen molar-refractivity contribution in [3.05, 3.63) is 41.6 Å². The van der Waals surface area contributed by atoms with E-state index in [0.717, 1.165) is 48.7 Å². The summed E-state index contributed by atoms with van der Waals surface area (Å²) in [6.45, 7) is 0. The minimum atomic E-state index is -1.10. The number of hydrogen-bond acceptors (Lipinski definition) is 3. The number of carboxylic acids is 1. The molecule has 0 aliphatic heterocycles. The van der Waals surface area contributed by atoms with Gasteiger partial charge >= 0.3 is 5.97 Å². The third-order valence-electron chi connectivity index (χ3n) is 5.99. The van der Waals surface area contributed by atoms with Crippen LogP contribution in [0.3, 0.4) is 0 Å². The summed E-state index contributed by atoms with van der Waals surface area (Å²) >= 11 is 0. The van der Waals surface area contributed by atoms with Crippen LogP contribution >= 0.6 is 0 Å². The van der Waals surface area contributed by atoms with Crippen molar-refractivity contribution in [1.82, 2.24) is 9.88 Å². The van der Waals surface area contributed by atoms with E-state index in [4.69, 9.17) is 4.98 Å². The van der Waals surface area contributed by atoms with Gasteiger partial charge in [-0.15, -0.1) is 0 Å². The van der Waals surface area contributed by atoms with E-state index in [1.54, 1.807) is 7.05 Å². The number of pyridine rings is 1. The van der Waals surface area contributed by atoms with E-state index < -0.39 is 11.5 Å². The van der Waals surface area contributed by atoms with Gasteiger partial charge in [-0.1, -0.05) is 37.5 Å². The maximum Gasteiger partial charge on any atom is 0.329 e. The molecule has 2 aliphatic carbocycles. The molecule has 1 heterocycles. The number of nitrogens with zero attached hydrogens (tertiary/aromatic N) is 2. The molecule has 5 heteroatoms. The molecule has 2 fully saturated rings. The van der Waals surface area contributed by atoms with Crippen molar-refractivity contribution in [2.45, 2.75) is 56.4 Å². The Labute approximate surface area is 153 Å². The van der Waals surface area contributed by atoms with Crippen LogP contribution in [0.15, 0.2) is 30.3 Å². The molecule has 1 aromatic heterocycles. The average Bonchev–Trinajstić information content (AvgIpc) is 3.51. The zero-order valence-electron chi connectivity index (χ0n) is 15.1. The lowest BCUT2D eigenvalue weighted by Crippen LogP contribution is -2.56. The number of carboxylic acid groups (broad SMARTS) is 1. The largest absolute Gasteiger partial charge is 0.479 e. The molecule has 136 valence electrons. The van der Waals surface area contributed by atoms with Crippen molar-refractivity contribution in [2.75, 3.05) is 7.05 Å². The highest BCUT2D eigenvalue weighted by Gasteiger charge is 2.46. The van der Waals surface area contributed by atoms with Crippen molar-refractivity contribution in [1.29, 1.82) is 0 Å². The Bertz CT molecular complexity index is 867. The molecule has 2 saturated carbocycles. The summed E-state index contributed by atoms with van der Waals surface area (Å²) in [5.74, 6) is -0.678. The van der Waals surface area contributed by atoms with Gasteiger partial charge in [0.25, 0.3) is 5.91 Å². The molecule has 1 amide bonds. The first-order chi connectivity index (χ1) is 12.5. The summed E-state index contributed by atoms with van der Waals surface area (Å²) in [6, 6.07) is 9.52. The Kier molecular flexibility index (Phi) is 4.17. The van der Waals surface area contributed by atoms with Gasteiger partial charge < -0.3 is 10.0 Å². The fourth-order valence-corrected chi connectivity index (χ4v) is 4.17. The normalized spacial score (nSPS) is 19.3. The first kappa shape index (κ1) is 17.0. The van der Waals surface area contributed by atoms with Crippen LogP contribution in [0.25, 0.3) is 10.9 Å². The molecule has 0 bridgehead atoms. The topological polar surface area (TPSA) is 70.5 Å². The van der Waals surface area contributed by atoms with Gasteiger partial charge in [0.15, 0.2) is 0 Å². The predicted molar refractivity (Wildman–Crippen MR) is 99.3 cm³/mol. The van der Waals surface area contributed by atoms with E-state index in [-0.39, 0.29) is 5.91 Å². The monoisotopic (exact) mass is 352 g/mol. The summed E-state index contributed by atoms with van der Waals surface area (Å²) in [7, 11) is 1.65. The summed E-state index contributed by atoms with van der Waals surface area (Å²) in [5, 5.41) is 10.7. The number of fused-ring (bicyclic) bond motifs is 1. The molecule has 0 atom stereocenters. The van der Waals surface area contributed by atoms with Crippen LogP contribution in [-0.2, 0) is 4.79 Å². The highest BCUT2D eigenvalue weighted by atomic mass is 16.4. The number of hydrogen-bond donors (Lipinski definition) is 1. The molecule has 1 aromatic carbocycles. The van der Waals surface area contributed by atoms with Gasteiger partial charge in [0.2, 0.25) is 0 Å². The Morgan fingerprint density at radius 3 is 2.50 bits per heavy atom. The average molecular weight is 352 g/mol. The van der Waals surface area contributed by atoms with E-state index in [0.29, 0.717) is 24.3 Å². The fraction of sp³-hybridized carbons (Fsp3) is 0.476. The van der Waals surface area contributed by atoms with Gasteiger partial charge in [-0.3, -0.25) is 9.78 Å². The predicted octanol–water partition coefficient (Wildman–Crippen LogP) is 3.97. The molecule has 0 unspecified atom stereocenters. The molecule has 1 N–H and O–H groups in total. The number of benzene rings is 1. The van der Waals surface area contributed by atoms with Crippen molar-refractivity contribution in [3.8, 4) is 0 Å². The summed E-state index contributed by atoms with van der Waals surface area (Å²) in [4.78, 5) is 31.7. The molecular formula is C21H24N2O3. The second-order valence-corrected chi connectivity index (χ2v) is 7.65. The Hall–Kier alpha value is -2.43. The number of likely N-dealkylation sites (N-methyl/N-ethyl adjacent to an activating group) is 1. The third kappa shape index (κ3) is 2.75. The van der Waals surface area contributed by atoms with Crippen LogP contribution in [0.4, 0.5) is 0 Å². The summed E-state index contributed by atoms with van der Waals surface area (Å²) < 4.78 is 0. The Morgan fingerprint density at radius 1 is 1.15 bits per heavy atom. The SMILES string of the molecule is CN(C(=O)c1cc(C2CC2)nc2ccccc12)C1(C(=O)O)CCCCC1. The summed E-state index contributed by atoms with van der Waals surface area (Å²) in [6.07, 6.45) is 5.96. The van der Waals surface area contributed by atoms with Gasteiger partial charge in [0, 0.05) is 24.0 Å². The molecule has 0 saturated heterocycles. The molecular weight excluding hydrogens is 328 g/mol. The highest BCUT2D eigenvalue weighted by molar-refractivity contribution is 6.07. The van der Waals surface area contributed by atoms with Crippen molar-refractivity contribution in [2.24, 2.45) is 0 Å². The van der Waals surface area contributed by atoms with Crippen LogP contribution in [0.2, 0.25) is 0 Å². The maximum atomic E-state index is 13.4. The number of aromatic nitrogens is 1. The van der Waals surface area contributed by atoms with Crippen LogP contribution in [0, 0.1) is 0 Å². The first-order valence-electron chi connectivity index (χ1n) is 9.44. The zero-order valence-corrected chi connectivity index (χ0v) is 15.1. The number of aliphatic carboxylic acids is 1. The van der Waals surface area contributed by atoms with Crippen LogP contribution in [0.5, 0.6) is 0 Å². The number of rotatable bonds is 4. The zero-order chi connectivity index (χ0) is 18.3. The second kappa shape index (κ2) is 6.38. The Balaban J connectivity index is 1.78. The number of amides is 1. The molecule has 2 aliphatic rings. The lowest BCUT2D eigenvalue weighted by atomic mass is 9.80. The number of para-hydroxylation sites is 1. The first-order valence-corrected chi connectivity index (χ1v) is 9.44. The molecule has 26 heavy (non-hydrogen) atoms. The van der Waals surface area contributed by atoms with Crippen LogP contribution < -0.4 is 0 Å². The van der Waals surface area contributed by atoms with E-state index in [1.165, 1.54) is 4.90 Å². The van der Waals surface area contributed by atoms with Crippen LogP contribution in [-0.4, -0.2) is 39.5 Å². The molecule has 0 radical (unpaired) electrons. The molecule has 2 aromatic rings. The van der Waals surface area contributed by atoms with Gasteiger partial charge in [0.1, 0.15) is 5.54 Å². The van der Waals surface area contributed by atoms with E-state index in [9.17, 15) is 14.7 Å². The van der Waals surface area contributed by atoms with E-state index >= 15 is 0 Å². The number of carbonyl (C=O) groups excluding carboxylic acids is 1.